The molecular weight excluding hydrogens is 392 g/mol. The number of anilines is 1. The van der Waals surface area contributed by atoms with Crippen LogP contribution in [0.15, 0.2) is 41.8 Å². The zero-order valence-electron chi connectivity index (χ0n) is 16.8. The lowest BCUT2D eigenvalue weighted by Crippen LogP contribution is -2.54. The van der Waals surface area contributed by atoms with Crippen LogP contribution in [0.1, 0.15) is 13.8 Å². The number of rotatable bonds is 3. The number of nitrogens with zero attached hydrogens (tertiary/aromatic N) is 4. The van der Waals surface area contributed by atoms with Gasteiger partial charge in [0.25, 0.3) is 0 Å². The minimum absolute atomic E-state index is 0.0379. The molecule has 7 nitrogen and oxygen atoms in total. The summed E-state index contributed by atoms with van der Waals surface area (Å²) in [4.78, 5) is 25.8. The number of pyridine rings is 1. The molecule has 1 N–H and O–H groups in total. The Labute approximate surface area is 173 Å². The molecule has 0 radical (unpaired) electrons. The number of benzene rings is 1. The fourth-order valence-electron chi connectivity index (χ4n) is 3.54. The van der Waals surface area contributed by atoms with Gasteiger partial charge in [-0.15, -0.1) is 0 Å². The number of hydrogen-bond acceptors (Lipinski definition) is 5. The summed E-state index contributed by atoms with van der Waals surface area (Å²) in [6, 6.07) is 5.14. The van der Waals surface area contributed by atoms with Crippen molar-refractivity contribution in [1.82, 2.24) is 15.2 Å². The van der Waals surface area contributed by atoms with Gasteiger partial charge in [0.1, 0.15) is 11.6 Å². The summed E-state index contributed by atoms with van der Waals surface area (Å²) in [6.07, 6.45) is 2.81. The Hall–Kier alpha value is -3.23. The van der Waals surface area contributed by atoms with E-state index in [1.165, 1.54) is 12.1 Å². The molecule has 0 bridgehead atoms. The van der Waals surface area contributed by atoms with E-state index < -0.39 is 17.9 Å². The molecule has 0 aliphatic carbocycles. The molecular formula is C21H23F2N5O2. The van der Waals surface area contributed by atoms with E-state index in [0.717, 1.165) is 17.5 Å². The maximum absolute atomic E-state index is 14.1. The van der Waals surface area contributed by atoms with E-state index in [-0.39, 0.29) is 11.9 Å². The van der Waals surface area contributed by atoms with Gasteiger partial charge >= 0.3 is 6.03 Å². The molecule has 2 amide bonds. The van der Waals surface area contributed by atoms with Crippen molar-refractivity contribution in [3.05, 3.63) is 48.3 Å². The summed E-state index contributed by atoms with van der Waals surface area (Å²) < 4.78 is 27.3. The number of carbonyl (C=O) groups excluding carboxylic acids is 1. The molecule has 2 aliphatic rings. The van der Waals surface area contributed by atoms with Gasteiger partial charge in [-0.2, -0.15) is 0 Å². The van der Waals surface area contributed by atoms with Crippen LogP contribution in [0.4, 0.5) is 19.3 Å². The summed E-state index contributed by atoms with van der Waals surface area (Å²) in [7, 11) is 0. The van der Waals surface area contributed by atoms with E-state index in [0.29, 0.717) is 37.3 Å². The third-order valence-electron chi connectivity index (χ3n) is 5.59. The van der Waals surface area contributed by atoms with Crippen molar-refractivity contribution < 1.29 is 18.4 Å². The molecule has 2 unspecified atom stereocenters. The van der Waals surface area contributed by atoms with Gasteiger partial charge in [-0.1, -0.05) is 12.1 Å². The summed E-state index contributed by atoms with van der Waals surface area (Å²) in [6.45, 7) is 6.11. The first-order valence-electron chi connectivity index (χ1n) is 9.83. The highest BCUT2D eigenvalue weighted by Gasteiger charge is 2.31. The molecule has 1 aromatic carbocycles. The molecule has 2 aliphatic heterocycles. The molecule has 1 fully saturated rings. The Bertz CT molecular complexity index is 976. The molecule has 9 heteroatoms. The highest BCUT2D eigenvalue weighted by atomic mass is 19.1. The Morgan fingerprint density at radius 2 is 1.93 bits per heavy atom. The standard InChI is InChI=1S/C21H23F2N5O2/c1-13-14(2)26-30-20(13)25-21(29)28-7-5-27(6-8-28)17-9-15(11-24-12-17)18-4-3-16(22)10-19(18)23/h3-4,9-13,20H,5-8H2,1-2H3,(H,25,29). The topological polar surface area (TPSA) is 70.1 Å². The smallest absolute Gasteiger partial charge is 0.320 e. The van der Waals surface area contributed by atoms with Crippen molar-refractivity contribution in [3.8, 4) is 11.1 Å². The molecule has 3 heterocycles. The molecule has 0 saturated carbocycles. The average molecular weight is 415 g/mol. The molecule has 2 aromatic rings. The quantitative estimate of drug-likeness (QED) is 0.836. The molecule has 158 valence electrons. The summed E-state index contributed by atoms with van der Waals surface area (Å²) in [5.74, 6) is -1.21. The van der Waals surface area contributed by atoms with Crippen molar-refractivity contribution in [3.63, 3.8) is 0 Å². The van der Waals surface area contributed by atoms with E-state index in [1.54, 1.807) is 17.3 Å². The molecule has 0 spiro atoms. The number of piperazine rings is 1. The first-order valence-corrected chi connectivity index (χ1v) is 9.83. The predicted molar refractivity (Wildman–Crippen MR) is 109 cm³/mol. The van der Waals surface area contributed by atoms with E-state index in [9.17, 15) is 13.6 Å². The Morgan fingerprint density at radius 3 is 2.60 bits per heavy atom. The monoisotopic (exact) mass is 415 g/mol. The fraction of sp³-hybridized carbons (Fsp3) is 0.381. The third-order valence-corrected chi connectivity index (χ3v) is 5.59. The van der Waals surface area contributed by atoms with Crippen LogP contribution in [0.5, 0.6) is 0 Å². The van der Waals surface area contributed by atoms with Gasteiger partial charge in [-0.05, 0) is 25.1 Å². The van der Waals surface area contributed by atoms with Crippen molar-refractivity contribution >= 4 is 17.4 Å². The third kappa shape index (κ3) is 4.05. The second kappa shape index (κ2) is 8.25. The average Bonchev–Trinajstić information content (AvgIpc) is 3.06. The van der Waals surface area contributed by atoms with Gasteiger partial charge in [-0.3, -0.25) is 10.3 Å². The fourth-order valence-corrected chi connectivity index (χ4v) is 3.54. The Balaban J connectivity index is 1.38. The van der Waals surface area contributed by atoms with Crippen LogP contribution < -0.4 is 10.2 Å². The lowest BCUT2D eigenvalue weighted by molar-refractivity contribution is 0.0426. The second-order valence-corrected chi connectivity index (χ2v) is 7.53. The number of nitrogens with one attached hydrogen (secondary N) is 1. The molecule has 4 rings (SSSR count). The van der Waals surface area contributed by atoms with Gasteiger partial charge in [-0.25, -0.2) is 13.6 Å². The van der Waals surface area contributed by atoms with Crippen molar-refractivity contribution in [2.24, 2.45) is 11.1 Å². The van der Waals surface area contributed by atoms with Gasteiger partial charge in [0.15, 0.2) is 0 Å². The molecule has 30 heavy (non-hydrogen) atoms. The highest BCUT2D eigenvalue weighted by Crippen LogP contribution is 2.27. The van der Waals surface area contributed by atoms with E-state index in [1.807, 2.05) is 19.9 Å². The first-order chi connectivity index (χ1) is 14.4. The van der Waals surface area contributed by atoms with E-state index in [2.05, 4.69) is 20.4 Å². The number of halogens is 2. The molecule has 1 aromatic heterocycles. The zero-order chi connectivity index (χ0) is 21.3. The number of carbonyl (C=O) groups is 1. The minimum Gasteiger partial charge on any atom is -0.370 e. The normalized spacial score (nSPS) is 21.3. The number of aromatic nitrogens is 1. The number of oxime groups is 1. The van der Waals surface area contributed by atoms with Crippen LogP contribution in [0.2, 0.25) is 0 Å². The maximum atomic E-state index is 14.1. The molecule has 2 atom stereocenters. The second-order valence-electron chi connectivity index (χ2n) is 7.53. The van der Waals surface area contributed by atoms with E-state index >= 15 is 0 Å². The van der Waals surface area contributed by atoms with Crippen molar-refractivity contribution in [1.29, 1.82) is 0 Å². The van der Waals surface area contributed by atoms with Crippen LogP contribution in [0.3, 0.4) is 0 Å². The first kappa shape index (κ1) is 20.1. The van der Waals surface area contributed by atoms with Crippen LogP contribution in [-0.2, 0) is 4.84 Å². The largest absolute Gasteiger partial charge is 0.370 e. The van der Waals surface area contributed by atoms with E-state index in [4.69, 9.17) is 4.84 Å². The maximum Gasteiger partial charge on any atom is 0.320 e. The van der Waals surface area contributed by atoms with Gasteiger partial charge in [0, 0.05) is 49.6 Å². The van der Waals surface area contributed by atoms with Crippen molar-refractivity contribution in [2.45, 2.75) is 20.1 Å². The number of urea groups is 1. The highest BCUT2D eigenvalue weighted by molar-refractivity contribution is 5.86. The Kier molecular flexibility index (Phi) is 5.52. The van der Waals surface area contributed by atoms with Gasteiger partial charge in [0.05, 0.1) is 23.5 Å². The summed E-state index contributed by atoms with van der Waals surface area (Å²) >= 11 is 0. The zero-order valence-corrected chi connectivity index (χ0v) is 16.8. The van der Waals surface area contributed by atoms with Gasteiger partial charge in [0.2, 0.25) is 6.23 Å². The SMILES string of the molecule is CC1=NOC(NC(=O)N2CCN(c3cncc(-c4ccc(F)cc4F)c3)CC2)C1C. The molecule has 1 saturated heterocycles. The lowest BCUT2D eigenvalue weighted by atomic mass is 10.1. The number of amides is 2. The number of hydrogen-bond donors (Lipinski definition) is 1. The minimum atomic E-state index is -0.627. The van der Waals surface area contributed by atoms with Crippen LogP contribution in [-0.4, -0.2) is 54.0 Å². The lowest BCUT2D eigenvalue weighted by Gasteiger charge is -2.36. The predicted octanol–water partition coefficient (Wildman–Crippen LogP) is 3.23. The van der Waals surface area contributed by atoms with Crippen LogP contribution in [0, 0.1) is 17.6 Å². The summed E-state index contributed by atoms with van der Waals surface area (Å²) in [5.41, 5.74) is 2.56. The van der Waals surface area contributed by atoms with Crippen molar-refractivity contribution in [2.75, 3.05) is 31.1 Å². The van der Waals surface area contributed by atoms with Crippen LogP contribution in [0.25, 0.3) is 11.1 Å². The summed E-state index contributed by atoms with van der Waals surface area (Å²) in [5, 5.41) is 6.79. The Morgan fingerprint density at radius 1 is 1.17 bits per heavy atom. The van der Waals surface area contributed by atoms with Crippen LogP contribution >= 0.6 is 0 Å². The van der Waals surface area contributed by atoms with Gasteiger partial charge < -0.3 is 14.6 Å².